The number of rotatable bonds is 41. The first-order valence-corrected chi connectivity index (χ1v) is 23.4. The first-order valence-electron chi connectivity index (χ1n) is 21.9. The summed E-state index contributed by atoms with van der Waals surface area (Å²) < 4.78 is 32.7. The van der Waals surface area contributed by atoms with Crippen molar-refractivity contribution in [1.82, 2.24) is 0 Å². The van der Waals surface area contributed by atoms with Crippen LogP contribution in [0.3, 0.4) is 0 Å². The first kappa shape index (κ1) is 53.2. The number of unbranched alkanes of at least 4 members (excludes halogenated alkanes) is 21. The van der Waals surface area contributed by atoms with Crippen LogP contribution in [-0.4, -0.2) is 65.7 Å². The molecular formula is C44H81O10P. The summed E-state index contributed by atoms with van der Waals surface area (Å²) in [4.78, 5) is 35.0. The smallest absolute Gasteiger partial charge is 0.462 e. The monoisotopic (exact) mass is 801 g/mol. The maximum absolute atomic E-state index is 12.6. The molecule has 322 valence electrons. The van der Waals surface area contributed by atoms with Gasteiger partial charge >= 0.3 is 19.8 Å². The quantitative estimate of drug-likeness (QED) is 0.0236. The van der Waals surface area contributed by atoms with Crippen molar-refractivity contribution in [3.63, 3.8) is 0 Å². The molecule has 0 saturated heterocycles. The van der Waals surface area contributed by atoms with Gasteiger partial charge in [-0.25, -0.2) is 4.57 Å². The van der Waals surface area contributed by atoms with E-state index in [9.17, 15) is 24.2 Å². The Morgan fingerprint density at radius 1 is 0.545 bits per heavy atom. The number of phosphoric acid groups is 1. The van der Waals surface area contributed by atoms with E-state index in [4.69, 9.17) is 19.1 Å². The molecular weight excluding hydrogens is 719 g/mol. The number of allylic oxidation sites excluding steroid dienone is 6. The number of hydrogen-bond donors (Lipinski definition) is 3. The van der Waals surface area contributed by atoms with E-state index < -0.39 is 51.8 Å². The highest BCUT2D eigenvalue weighted by Crippen LogP contribution is 2.43. The minimum atomic E-state index is -4.62. The number of hydrogen-bond acceptors (Lipinski definition) is 9. The van der Waals surface area contributed by atoms with Crippen LogP contribution in [0, 0.1) is 0 Å². The summed E-state index contributed by atoms with van der Waals surface area (Å²) in [5.74, 6) is -0.944. The van der Waals surface area contributed by atoms with Gasteiger partial charge in [-0.1, -0.05) is 147 Å². The van der Waals surface area contributed by atoms with Gasteiger partial charge in [-0.3, -0.25) is 18.6 Å². The van der Waals surface area contributed by atoms with Gasteiger partial charge in [0, 0.05) is 12.8 Å². The molecule has 0 aromatic rings. The lowest BCUT2D eigenvalue weighted by molar-refractivity contribution is -0.161. The molecule has 0 aliphatic heterocycles. The fourth-order valence-electron chi connectivity index (χ4n) is 5.84. The van der Waals surface area contributed by atoms with Crippen molar-refractivity contribution in [2.24, 2.45) is 0 Å². The molecule has 0 aromatic heterocycles. The highest BCUT2D eigenvalue weighted by atomic mass is 31.2. The Labute approximate surface area is 335 Å². The van der Waals surface area contributed by atoms with Crippen LogP contribution < -0.4 is 0 Å². The predicted octanol–water partition coefficient (Wildman–Crippen LogP) is 11.6. The Hall–Kier alpha value is -1.81. The van der Waals surface area contributed by atoms with Crippen molar-refractivity contribution >= 4 is 19.8 Å². The number of aliphatic hydroxyl groups excluding tert-OH is 2. The van der Waals surface area contributed by atoms with Crippen molar-refractivity contribution in [2.75, 3.05) is 26.4 Å². The Balaban J connectivity index is 4.31. The third kappa shape index (κ3) is 40.2. The molecule has 3 N–H and O–H groups in total. The maximum Gasteiger partial charge on any atom is 0.472 e. The molecule has 0 saturated carbocycles. The molecule has 0 aliphatic rings. The van der Waals surface area contributed by atoms with E-state index in [-0.39, 0.29) is 19.4 Å². The molecule has 0 aromatic carbocycles. The summed E-state index contributed by atoms with van der Waals surface area (Å²) in [6, 6.07) is 0. The standard InChI is InChI=1S/C44H81O10P/c1-3-5-7-9-11-13-15-17-19-20-22-24-26-28-30-32-34-36-44(48)54-42(40-53-55(49,50)52-38-41(46)37-45)39-51-43(47)35-33-31-29-27-25-23-21-18-16-14-12-10-8-6-4-2/h12,14,17-19,21,41-42,45-46H,3-11,13,15-16,20,22-40H2,1-2H3,(H,49,50)/b14-12-,19-17-,21-18-/t41-,42+/m0/s1. The summed E-state index contributed by atoms with van der Waals surface area (Å²) in [5, 5.41) is 18.3. The molecule has 0 rings (SSSR count). The van der Waals surface area contributed by atoms with Crippen molar-refractivity contribution in [3.8, 4) is 0 Å². The summed E-state index contributed by atoms with van der Waals surface area (Å²) in [6.07, 6.45) is 41.0. The van der Waals surface area contributed by atoms with Crippen LogP contribution in [0.1, 0.15) is 194 Å². The van der Waals surface area contributed by atoms with Gasteiger partial charge in [-0.15, -0.1) is 0 Å². The molecule has 0 fully saturated rings. The SMILES string of the molecule is CCCCC/C=C\C/C=C\CCCCCCCC(=O)OC[C@H](COP(=O)(O)OC[C@@H](O)CO)OC(=O)CCCCCCCCC/C=C\CCCCCCCC. The summed E-state index contributed by atoms with van der Waals surface area (Å²) in [7, 11) is -4.62. The van der Waals surface area contributed by atoms with Gasteiger partial charge in [0.25, 0.3) is 0 Å². The van der Waals surface area contributed by atoms with Crippen LogP contribution in [0.15, 0.2) is 36.5 Å². The van der Waals surface area contributed by atoms with E-state index in [0.717, 1.165) is 70.6 Å². The van der Waals surface area contributed by atoms with Crippen molar-refractivity contribution < 1.29 is 47.8 Å². The molecule has 0 spiro atoms. The van der Waals surface area contributed by atoms with Crippen LogP contribution in [0.2, 0.25) is 0 Å². The Morgan fingerprint density at radius 2 is 0.945 bits per heavy atom. The van der Waals surface area contributed by atoms with Gasteiger partial charge in [0.1, 0.15) is 12.7 Å². The topological polar surface area (TPSA) is 149 Å². The maximum atomic E-state index is 12.6. The normalized spacial score (nSPS) is 14.2. The van der Waals surface area contributed by atoms with E-state index in [1.54, 1.807) is 0 Å². The number of esters is 2. The van der Waals surface area contributed by atoms with Crippen molar-refractivity contribution in [2.45, 2.75) is 206 Å². The summed E-state index contributed by atoms with van der Waals surface area (Å²) in [6.45, 7) is 2.33. The van der Waals surface area contributed by atoms with Gasteiger partial charge in [-0.2, -0.15) is 0 Å². The number of carbonyl (C=O) groups excluding carboxylic acids is 2. The zero-order chi connectivity index (χ0) is 40.5. The second-order valence-electron chi connectivity index (χ2n) is 14.7. The number of aliphatic hydroxyl groups is 2. The summed E-state index contributed by atoms with van der Waals surface area (Å²) in [5.41, 5.74) is 0. The second-order valence-corrected chi connectivity index (χ2v) is 16.2. The predicted molar refractivity (Wildman–Crippen MR) is 224 cm³/mol. The molecule has 0 aliphatic carbocycles. The average Bonchev–Trinajstić information content (AvgIpc) is 3.17. The van der Waals surface area contributed by atoms with E-state index in [2.05, 4.69) is 54.8 Å². The third-order valence-electron chi connectivity index (χ3n) is 9.27. The lowest BCUT2D eigenvalue weighted by atomic mass is 10.1. The van der Waals surface area contributed by atoms with E-state index in [0.29, 0.717) is 12.8 Å². The molecule has 3 atom stereocenters. The zero-order valence-corrected chi connectivity index (χ0v) is 35.8. The summed E-state index contributed by atoms with van der Waals surface area (Å²) >= 11 is 0. The minimum Gasteiger partial charge on any atom is -0.462 e. The van der Waals surface area contributed by atoms with Crippen LogP contribution in [-0.2, 0) is 32.7 Å². The largest absolute Gasteiger partial charge is 0.472 e. The third-order valence-corrected chi connectivity index (χ3v) is 10.2. The molecule has 55 heavy (non-hydrogen) atoms. The fraction of sp³-hybridized carbons (Fsp3) is 0.818. The second kappa shape index (κ2) is 40.4. The number of phosphoric ester groups is 1. The highest BCUT2D eigenvalue weighted by molar-refractivity contribution is 7.47. The van der Waals surface area contributed by atoms with E-state index in [1.807, 2.05) is 0 Å². The van der Waals surface area contributed by atoms with Crippen molar-refractivity contribution in [1.29, 1.82) is 0 Å². The van der Waals surface area contributed by atoms with Gasteiger partial charge in [0.15, 0.2) is 6.10 Å². The molecule has 11 heteroatoms. The minimum absolute atomic E-state index is 0.176. The molecule has 0 bridgehead atoms. The molecule has 0 heterocycles. The van der Waals surface area contributed by atoms with Crippen LogP contribution in [0.5, 0.6) is 0 Å². The van der Waals surface area contributed by atoms with Crippen LogP contribution in [0.4, 0.5) is 0 Å². The lowest BCUT2D eigenvalue weighted by Crippen LogP contribution is -2.29. The molecule has 0 radical (unpaired) electrons. The van der Waals surface area contributed by atoms with Gasteiger partial charge in [0.05, 0.1) is 19.8 Å². The fourth-order valence-corrected chi connectivity index (χ4v) is 6.63. The van der Waals surface area contributed by atoms with E-state index >= 15 is 0 Å². The number of carbonyl (C=O) groups is 2. The van der Waals surface area contributed by atoms with Gasteiger partial charge in [0.2, 0.25) is 0 Å². The first-order chi connectivity index (χ1) is 26.7. The Morgan fingerprint density at radius 3 is 1.45 bits per heavy atom. The lowest BCUT2D eigenvalue weighted by Gasteiger charge is -2.20. The zero-order valence-electron chi connectivity index (χ0n) is 34.9. The average molecular weight is 801 g/mol. The molecule has 1 unspecified atom stereocenters. The Kier molecular flexibility index (Phi) is 39.1. The molecule has 0 amide bonds. The van der Waals surface area contributed by atoms with Crippen LogP contribution in [0.25, 0.3) is 0 Å². The van der Waals surface area contributed by atoms with Crippen LogP contribution >= 0.6 is 7.82 Å². The molecule has 10 nitrogen and oxygen atoms in total. The van der Waals surface area contributed by atoms with Gasteiger partial charge < -0.3 is 24.6 Å². The van der Waals surface area contributed by atoms with E-state index in [1.165, 1.54) is 83.5 Å². The Bertz CT molecular complexity index is 1010. The number of ether oxygens (including phenoxy) is 2. The highest BCUT2D eigenvalue weighted by Gasteiger charge is 2.27. The van der Waals surface area contributed by atoms with Crippen molar-refractivity contribution in [3.05, 3.63) is 36.5 Å². The van der Waals surface area contributed by atoms with Gasteiger partial charge in [-0.05, 0) is 70.6 Å².